The fourth-order valence-electron chi connectivity index (χ4n) is 1.29. The Labute approximate surface area is 103 Å². The van der Waals surface area contributed by atoms with Crippen molar-refractivity contribution in [1.29, 1.82) is 0 Å². The van der Waals surface area contributed by atoms with Gasteiger partial charge in [-0.15, -0.1) is 0 Å². The van der Waals surface area contributed by atoms with Crippen LogP contribution in [0.1, 0.15) is 5.56 Å². The molecule has 3 nitrogen and oxygen atoms in total. The maximum absolute atomic E-state index is 5.83. The van der Waals surface area contributed by atoms with Crippen molar-refractivity contribution in [3.05, 3.63) is 60.3 Å². The summed E-state index contributed by atoms with van der Waals surface area (Å²) in [4.78, 5) is 0. The Bertz CT molecular complexity index is 433. The number of para-hydroxylation sites is 1. The molecule has 0 bridgehead atoms. The van der Waals surface area contributed by atoms with E-state index in [1.807, 2.05) is 36.4 Å². The lowest BCUT2D eigenvalue weighted by Crippen LogP contribution is -2.21. The number of nitrogen functional groups attached to an aromatic ring is 1. The molecule has 3 heteroatoms. The van der Waals surface area contributed by atoms with E-state index in [0.717, 1.165) is 22.5 Å². The maximum Gasteiger partial charge on any atom is 0.0387 e. The van der Waals surface area contributed by atoms with Gasteiger partial charge in [-0.3, -0.25) is 0 Å². The minimum absolute atomic E-state index is 0.571. The van der Waals surface area contributed by atoms with E-state index in [-0.39, 0.29) is 0 Å². The summed E-state index contributed by atoms with van der Waals surface area (Å²) < 4.78 is 0. The third-order valence-corrected chi connectivity index (χ3v) is 2.33. The van der Waals surface area contributed by atoms with Crippen LogP contribution in [0, 0.1) is 0 Å². The first-order valence-electron chi connectivity index (χ1n) is 5.50. The topological polar surface area (TPSA) is 64.1 Å². The predicted molar refractivity (Wildman–Crippen MR) is 75.2 cm³/mol. The Morgan fingerprint density at radius 1 is 1.29 bits per heavy atom. The van der Waals surface area contributed by atoms with Gasteiger partial charge in [-0.05, 0) is 17.2 Å². The summed E-state index contributed by atoms with van der Waals surface area (Å²) in [6, 6.07) is 7.67. The molecule has 0 aliphatic rings. The van der Waals surface area contributed by atoms with Crippen LogP contribution in [-0.4, -0.2) is 13.1 Å². The number of benzene rings is 1. The molecule has 0 fully saturated rings. The van der Waals surface area contributed by atoms with Crippen LogP contribution >= 0.6 is 0 Å². The van der Waals surface area contributed by atoms with Gasteiger partial charge in [-0.25, -0.2) is 0 Å². The van der Waals surface area contributed by atoms with Crippen molar-refractivity contribution in [1.82, 2.24) is 5.32 Å². The van der Waals surface area contributed by atoms with Crippen molar-refractivity contribution in [2.45, 2.75) is 0 Å². The molecule has 0 saturated heterocycles. The summed E-state index contributed by atoms with van der Waals surface area (Å²) in [7, 11) is 0. The number of hydrogen-bond donors (Lipinski definition) is 3. The quantitative estimate of drug-likeness (QED) is 0.515. The van der Waals surface area contributed by atoms with Gasteiger partial charge in [-0.1, -0.05) is 43.5 Å². The summed E-state index contributed by atoms with van der Waals surface area (Å²) in [6.07, 6.45) is 3.81. The van der Waals surface area contributed by atoms with Gasteiger partial charge in [0.2, 0.25) is 0 Å². The standard InChI is InChI=1S/C14H19N3/c1-11(12(2)17-10-9-15)7-8-13-5-3-4-6-14(13)16/h3-8,17H,1-2,9-10,15-16H2/b8-7-. The van der Waals surface area contributed by atoms with Crippen LogP contribution in [0.5, 0.6) is 0 Å². The van der Waals surface area contributed by atoms with E-state index >= 15 is 0 Å². The lowest BCUT2D eigenvalue weighted by atomic mass is 10.1. The van der Waals surface area contributed by atoms with Gasteiger partial charge < -0.3 is 16.8 Å². The molecule has 1 rings (SSSR count). The maximum atomic E-state index is 5.83. The van der Waals surface area contributed by atoms with Crippen LogP contribution in [0.15, 0.2) is 54.8 Å². The molecule has 17 heavy (non-hydrogen) atoms. The third kappa shape index (κ3) is 4.17. The molecular formula is C14H19N3. The number of hydrogen-bond acceptors (Lipinski definition) is 3. The minimum atomic E-state index is 0.571. The van der Waals surface area contributed by atoms with E-state index in [4.69, 9.17) is 11.5 Å². The lowest BCUT2D eigenvalue weighted by molar-refractivity contribution is 0.811. The zero-order chi connectivity index (χ0) is 12.7. The fraction of sp³-hybridized carbons (Fsp3) is 0.143. The molecule has 0 atom stereocenters. The van der Waals surface area contributed by atoms with Crippen molar-refractivity contribution in [2.24, 2.45) is 5.73 Å². The molecule has 0 aliphatic heterocycles. The SMILES string of the molecule is C=C(/C=C\c1ccccc1N)C(=C)NCCN. The second-order valence-corrected chi connectivity index (χ2v) is 3.68. The normalized spacial score (nSPS) is 10.4. The van der Waals surface area contributed by atoms with E-state index in [0.29, 0.717) is 13.1 Å². The van der Waals surface area contributed by atoms with Crippen LogP contribution in [0.3, 0.4) is 0 Å². The summed E-state index contributed by atoms with van der Waals surface area (Å²) >= 11 is 0. The first kappa shape index (κ1) is 13.1. The minimum Gasteiger partial charge on any atom is -0.398 e. The molecular weight excluding hydrogens is 210 g/mol. The monoisotopic (exact) mass is 229 g/mol. The molecule has 0 unspecified atom stereocenters. The van der Waals surface area contributed by atoms with Crippen molar-refractivity contribution >= 4 is 11.8 Å². The largest absolute Gasteiger partial charge is 0.398 e. The highest BCUT2D eigenvalue weighted by molar-refractivity contribution is 5.66. The van der Waals surface area contributed by atoms with Gasteiger partial charge in [0, 0.05) is 24.5 Å². The molecule has 0 amide bonds. The van der Waals surface area contributed by atoms with E-state index in [1.54, 1.807) is 0 Å². The number of nitrogens with one attached hydrogen (secondary N) is 1. The van der Waals surface area contributed by atoms with Gasteiger partial charge >= 0.3 is 0 Å². The van der Waals surface area contributed by atoms with E-state index in [2.05, 4.69) is 18.5 Å². The summed E-state index contributed by atoms with van der Waals surface area (Å²) in [5.41, 5.74) is 14.5. The molecule has 0 aromatic heterocycles. The molecule has 0 aliphatic carbocycles. The van der Waals surface area contributed by atoms with E-state index in [1.165, 1.54) is 0 Å². The molecule has 90 valence electrons. The summed E-state index contributed by atoms with van der Waals surface area (Å²) in [5.74, 6) is 0. The summed E-state index contributed by atoms with van der Waals surface area (Å²) in [5, 5.41) is 3.08. The van der Waals surface area contributed by atoms with Crippen LogP contribution in [0.4, 0.5) is 5.69 Å². The third-order valence-electron chi connectivity index (χ3n) is 2.33. The highest BCUT2D eigenvalue weighted by atomic mass is 14.9. The molecule has 1 aromatic carbocycles. The average Bonchev–Trinajstić information content (AvgIpc) is 2.34. The number of anilines is 1. The summed E-state index contributed by atoms with van der Waals surface area (Å²) in [6.45, 7) is 9.06. The first-order chi connectivity index (χ1) is 8.15. The average molecular weight is 229 g/mol. The second kappa shape index (κ2) is 6.55. The molecule has 0 spiro atoms. The highest BCUT2D eigenvalue weighted by Crippen LogP contribution is 2.14. The lowest BCUT2D eigenvalue weighted by Gasteiger charge is -2.08. The Hall–Kier alpha value is -2.00. The number of rotatable bonds is 6. The van der Waals surface area contributed by atoms with E-state index < -0.39 is 0 Å². The van der Waals surface area contributed by atoms with Crippen molar-refractivity contribution in [3.63, 3.8) is 0 Å². The van der Waals surface area contributed by atoms with Gasteiger partial charge in [0.05, 0.1) is 0 Å². The van der Waals surface area contributed by atoms with Crippen LogP contribution < -0.4 is 16.8 Å². The Morgan fingerprint density at radius 3 is 2.65 bits per heavy atom. The second-order valence-electron chi connectivity index (χ2n) is 3.68. The molecule has 0 heterocycles. The van der Waals surface area contributed by atoms with Crippen LogP contribution in [0.2, 0.25) is 0 Å². The zero-order valence-electron chi connectivity index (χ0n) is 9.95. The van der Waals surface area contributed by atoms with Crippen molar-refractivity contribution < 1.29 is 0 Å². The Morgan fingerprint density at radius 2 is 2.00 bits per heavy atom. The Balaban J connectivity index is 2.62. The van der Waals surface area contributed by atoms with E-state index in [9.17, 15) is 0 Å². The molecule has 5 N–H and O–H groups in total. The van der Waals surface area contributed by atoms with Crippen molar-refractivity contribution in [3.8, 4) is 0 Å². The van der Waals surface area contributed by atoms with Gasteiger partial charge in [0.25, 0.3) is 0 Å². The molecule has 1 aromatic rings. The van der Waals surface area contributed by atoms with Gasteiger partial charge in [0.15, 0.2) is 0 Å². The highest BCUT2D eigenvalue weighted by Gasteiger charge is 1.96. The van der Waals surface area contributed by atoms with Gasteiger partial charge in [0.1, 0.15) is 0 Å². The number of allylic oxidation sites excluding steroid dienone is 1. The zero-order valence-corrected chi connectivity index (χ0v) is 9.95. The first-order valence-corrected chi connectivity index (χ1v) is 5.50. The molecule has 0 radical (unpaired) electrons. The Kier molecular flexibility index (Phi) is 5.04. The smallest absolute Gasteiger partial charge is 0.0387 e. The van der Waals surface area contributed by atoms with Crippen molar-refractivity contribution in [2.75, 3.05) is 18.8 Å². The van der Waals surface area contributed by atoms with Crippen LogP contribution in [-0.2, 0) is 0 Å². The van der Waals surface area contributed by atoms with Crippen LogP contribution in [0.25, 0.3) is 6.08 Å². The number of nitrogens with two attached hydrogens (primary N) is 2. The predicted octanol–water partition coefficient (Wildman–Crippen LogP) is 1.90. The fourth-order valence-corrected chi connectivity index (χ4v) is 1.29. The van der Waals surface area contributed by atoms with Gasteiger partial charge in [-0.2, -0.15) is 0 Å². The molecule has 0 saturated carbocycles.